The number of rotatable bonds is 5. The van der Waals surface area contributed by atoms with Crippen molar-refractivity contribution in [1.82, 2.24) is 10.2 Å². The van der Waals surface area contributed by atoms with E-state index in [9.17, 15) is 4.79 Å². The summed E-state index contributed by atoms with van der Waals surface area (Å²) in [5.41, 5.74) is 0. The van der Waals surface area contributed by atoms with E-state index in [0.717, 1.165) is 6.54 Å². The average molecular weight is 249 g/mol. The standard InChI is InChI=1S/C12H24N2O.ClH/c1-4-6-10(2)11-7-5-8-14(11)12(15)9-13-3;/h10-11,13H,4-9H2,1-3H3;1H. The Bertz CT molecular complexity index is 211. The Balaban J connectivity index is 0.00000225. The van der Waals surface area contributed by atoms with Crippen LogP contribution in [0.15, 0.2) is 0 Å². The zero-order valence-corrected chi connectivity index (χ0v) is 11.5. The number of carbonyl (C=O) groups is 1. The molecule has 3 nitrogen and oxygen atoms in total. The van der Waals surface area contributed by atoms with E-state index in [4.69, 9.17) is 0 Å². The molecule has 0 aliphatic carbocycles. The lowest BCUT2D eigenvalue weighted by molar-refractivity contribution is -0.131. The van der Waals surface area contributed by atoms with Crippen LogP contribution in [0.1, 0.15) is 39.5 Å². The molecule has 96 valence electrons. The third kappa shape index (κ3) is 3.95. The summed E-state index contributed by atoms with van der Waals surface area (Å²) >= 11 is 0. The first-order valence-corrected chi connectivity index (χ1v) is 6.14. The van der Waals surface area contributed by atoms with Crippen molar-refractivity contribution >= 4 is 18.3 Å². The summed E-state index contributed by atoms with van der Waals surface area (Å²) in [5.74, 6) is 0.918. The Morgan fingerprint density at radius 3 is 2.81 bits per heavy atom. The minimum Gasteiger partial charge on any atom is -0.338 e. The molecule has 2 atom stereocenters. The smallest absolute Gasteiger partial charge is 0.236 e. The van der Waals surface area contributed by atoms with Crippen LogP contribution < -0.4 is 5.32 Å². The fraction of sp³-hybridized carbons (Fsp3) is 0.917. The number of likely N-dealkylation sites (N-methyl/N-ethyl adjacent to an activating group) is 1. The third-order valence-electron chi connectivity index (χ3n) is 3.35. The predicted molar refractivity (Wildman–Crippen MR) is 70.0 cm³/mol. The molecule has 1 rings (SSSR count). The van der Waals surface area contributed by atoms with Crippen LogP contribution in [0.2, 0.25) is 0 Å². The highest BCUT2D eigenvalue weighted by Gasteiger charge is 2.31. The first-order chi connectivity index (χ1) is 7.20. The van der Waals surface area contributed by atoms with E-state index in [2.05, 4.69) is 24.1 Å². The van der Waals surface area contributed by atoms with E-state index in [1.54, 1.807) is 0 Å². The highest BCUT2D eigenvalue weighted by molar-refractivity contribution is 5.85. The van der Waals surface area contributed by atoms with Crippen molar-refractivity contribution < 1.29 is 4.79 Å². The maximum atomic E-state index is 11.8. The number of amides is 1. The molecule has 1 aliphatic heterocycles. The van der Waals surface area contributed by atoms with Gasteiger partial charge in [-0.25, -0.2) is 0 Å². The molecule has 1 heterocycles. The Labute approximate surface area is 105 Å². The predicted octanol–water partition coefficient (Wildman–Crippen LogP) is 2.05. The highest BCUT2D eigenvalue weighted by atomic mass is 35.5. The summed E-state index contributed by atoms with van der Waals surface area (Å²) in [5, 5.41) is 2.94. The van der Waals surface area contributed by atoms with E-state index >= 15 is 0 Å². The van der Waals surface area contributed by atoms with Crippen molar-refractivity contribution in [1.29, 1.82) is 0 Å². The minimum atomic E-state index is 0. The molecule has 0 aromatic carbocycles. The zero-order chi connectivity index (χ0) is 11.3. The van der Waals surface area contributed by atoms with Crippen LogP contribution in [-0.2, 0) is 4.79 Å². The van der Waals surface area contributed by atoms with E-state index in [0.29, 0.717) is 18.5 Å². The molecule has 0 spiro atoms. The number of hydrogen-bond donors (Lipinski definition) is 1. The molecule has 0 aromatic heterocycles. The van der Waals surface area contributed by atoms with Crippen molar-refractivity contribution in [2.45, 2.75) is 45.6 Å². The van der Waals surface area contributed by atoms with Crippen molar-refractivity contribution in [3.63, 3.8) is 0 Å². The Morgan fingerprint density at radius 1 is 1.56 bits per heavy atom. The lowest BCUT2D eigenvalue weighted by Gasteiger charge is -2.29. The molecule has 0 saturated carbocycles. The van der Waals surface area contributed by atoms with Crippen LogP contribution in [0.4, 0.5) is 0 Å². The van der Waals surface area contributed by atoms with Gasteiger partial charge in [-0.1, -0.05) is 20.3 Å². The number of carbonyl (C=O) groups excluding carboxylic acids is 1. The van der Waals surface area contributed by atoms with Crippen LogP contribution >= 0.6 is 12.4 Å². The molecule has 0 radical (unpaired) electrons. The molecule has 2 unspecified atom stereocenters. The molecule has 0 aromatic rings. The van der Waals surface area contributed by atoms with Gasteiger partial charge in [-0.3, -0.25) is 4.79 Å². The van der Waals surface area contributed by atoms with Gasteiger partial charge in [0.1, 0.15) is 0 Å². The number of nitrogens with one attached hydrogen (secondary N) is 1. The van der Waals surface area contributed by atoms with Crippen LogP contribution in [0.25, 0.3) is 0 Å². The normalized spacial score (nSPS) is 21.7. The summed E-state index contributed by atoms with van der Waals surface area (Å²) < 4.78 is 0. The first-order valence-electron chi connectivity index (χ1n) is 6.14. The molecule has 16 heavy (non-hydrogen) atoms. The second-order valence-corrected chi connectivity index (χ2v) is 4.59. The summed E-state index contributed by atoms with van der Waals surface area (Å²) in [4.78, 5) is 13.9. The summed E-state index contributed by atoms with van der Waals surface area (Å²) in [6.07, 6.45) is 4.81. The SMILES string of the molecule is CCCC(C)C1CCCN1C(=O)CNC.Cl. The van der Waals surface area contributed by atoms with Crippen molar-refractivity contribution in [2.75, 3.05) is 20.1 Å². The summed E-state index contributed by atoms with van der Waals surface area (Å²) in [6, 6.07) is 0.491. The van der Waals surface area contributed by atoms with E-state index in [1.807, 2.05) is 7.05 Å². The fourth-order valence-electron chi connectivity index (χ4n) is 2.59. The van der Waals surface area contributed by atoms with Crippen LogP contribution in [-0.4, -0.2) is 37.0 Å². The van der Waals surface area contributed by atoms with Gasteiger partial charge in [-0.05, 0) is 32.2 Å². The summed E-state index contributed by atoms with van der Waals surface area (Å²) in [7, 11) is 1.83. The topological polar surface area (TPSA) is 32.3 Å². The Hall–Kier alpha value is -0.280. The summed E-state index contributed by atoms with van der Waals surface area (Å²) in [6.45, 7) is 5.93. The van der Waals surface area contributed by atoms with E-state index < -0.39 is 0 Å². The van der Waals surface area contributed by atoms with Crippen LogP contribution in [0.3, 0.4) is 0 Å². The van der Waals surface area contributed by atoms with Gasteiger partial charge >= 0.3 is 0 Å². The third-order valence-corrected chi connectivity index (χ3v) is 3.35. The van der Waals surface area contributed by atoms with Gasteiger partial charge in [-0.2, -0.15) is 0 Å². The highest BCUT2D eigenvalue weighted by Crippen LogP contribution is 2.26. The molecule has 1 N–H and O–H groups in total. The van der Waals surface area contributed by atoms with Gasteiger partial charge in [-0.15, -0.1) is 12.4 Å². The van der Waals surface area contributed by atoms with Gasteiger partial charge in [0.05, 0.1) is 6.54 Å². The number of hydrogen-bond acceptors (Lipinski definition) is 2. The molecular weight excluding hydrogens is 224 g/mol. The van der Waals surface area contributed by atoms with E-state index in [1.165, 1.54) is 25.7 Å². The van der Waals surface area contributed by atoms with Crippen molar-refractivity contribution in [3.8, 4) is 0 Å². The zero-order valence-electron chi connectivity index (χ0n) is 10.7. The van der Waals surface area contributed by atoms with Gasteiger partial charge in [0.25, 0.3) is 0 Å². The van der Waals surface area contributed by atoms with Gasteiger partial charge in [0, 0.05) is 12.6 Å². The number of halogens is 1. The maximum Gasteiger partial charge on any atom is 0.236 e. The number of likely N-dealkylation sites (tertiary alicyclic amines) is 1. The molecular formula is C12H25ClN2O. The van der Waals surface area contributed by atoms with Crippen molar-refractivity contribution in [3.05, 3.63) is 0 Å². The maximum absolute atomic E-state index is 11.8. The second-order valence-electron chi connectivity index (χ2n) is 4.59. The quantitative estimate of drug-likeness (QED) is 0.808. The Kier molecular flexibility index (Phi) is 7.77. The largest absolute Gasteiger partial charge is 0.338 e. The molecule has 0 bridgehead atoms. The second kappa shape index (κ2) is 7.91. The number of nitrogens with zero attached hydrogens (tertiary/aromatic N) is 1. The fourth-order valence-corrected chi connectivity index (χ4v) is 2.59. The van der Waals surface area contributed by atoms with Gasteiger partial charge < -0.3 is 10.2 Å². The molecule has 1 fully saturated rings. The monoisotopic (exact) mass is 248 g/mol. The molecule has 4 heteroatoms. The van der Waals surface area contributed by atoms with E-state index in [-0.39, 0.29) is 18.3 Å². The van der Waals surface area contributed by atoms with Crippen LogP contribution in [0, 0.1) is 5.92 Å². The van der Waals surface area contributed by atoms with Crippen LogP contribution in [0.5, 0.6) is 0 Å². The molecule has 1 amide bonds. The molecule has 1 saturated heterocycles. The molecule has 1 aliphatic rings. The lowest BCUT2D eigenvalue weighted by Crippen LogP contribution is -2.43. The lowest BCUT2D eigenvalue weighted by atomic mass is 9.95. The first kappa shape index (κ1) is 15.7. The Morgan fingerprint density at radius 2 is 2.25 bits per heavy atom. The van der Waals surface area contributed by atoms with Gasteiger partial charge in [0.2, 0.25) is 5.91 Å². The van der Waals surface area contributed by atoms with Gasteiger partial charge in [0.15, 0.2) is 0 Å². The van der Waals surface area contributed by atoms with Crippen molar-refractivity contribution in [2.24, 2.45) is 5.92 Å². The average Bonchev–Trinajstić information content (AvgIpc) is 2.66. The minimum absolute atomic E-state index is 0.